The summed E-state index contributed by atoms with van der Waals surface area (Å²) < 4.78 is 15.4. The predicted octanol–water partition coefficient (Wildman–Crippen LogP) is 4.46. The second kappa shape index (κ2) is 6.69. The number of aryl methyl sites for hydroxylation is 1. The molecule has 0 heterocycles. The van der Waals surface area contributed by atoms with E-state index in [1.54, 1.807) is 12.3 Å². The van der Waals surface area contributed by atoms with Crippen LogP contribution >= 0.6 is 23.2 Å². The van der Waals surface area contributed by atoms with Gasteiger partial charge in [0.25, 0.3) is 0 Å². The Labute approximate surface area is 121 Å². The molecule has 0 amide bonds. The molecule has 0 radical (unpaired) electrons. The van der Waals surface area contributed by atoms with E-state index in [4.69, 9.17) is 23.2 Å². The van der Waals surface area contributed by atoms with Gasteiger partial charge in [-0.1, -0.05) is 29.3 Å². The van der Waals surface area contributed by atoms with E-state index in [1.807, 2.05) is 32.9 Å². The standard InChI is InChI=1S/C13H17Cl2NOS/c1-13(2,3)18(17)16-8-4-5-10-6-7-11(14)12(15)9-10/h6-9H,4-5H2,1-3H3/t18-/m1/s1. The molecule has 1 atom stereocenters. The van der Waals surface area contributed by atoms with Crippen LogP contribution in [0.5, 0.6) is 0 Å². The van der Waals surface area contributed by atoms with Crippen molar-refractivity contribution in [2.24, 2.45) is 4.40 Å². The van der Waals surface area contributed by atoms with Gasteiger partial charge in [0.2, 0.25) is 0 Å². The first-order valence-electron chi connectivity index (χ1n) is 5.69. The third-order valence-corrected chi connectivity index (χ3v) is 4.37. The topological polar surface area (TPSA) is 29.4 Å². The molecule has 0 aliphatic rings. The minimum Gasteiger partial charge on any atom is -0.234 e. The van der Waals surface area contributed by atoms with Crippen LogP contribution in [0.3, 0.4) is 0 Å². The lowest BCUT2D eigenvalue weighted by Gasteiger charge is -2.12. The van der Waals surface area contributed by atoms with Crippen molar-refractivity contribution in [3.63, 3.8) is 0 Å². The Morgan fingerprint density at radius 1 is 1.28 bits per heavy atom. The van der Waals surface area contributed by atoms with Crippen molar-refractivity contribution in [3.05, 3.63) is 33.8 Å². The molecule has 0 fully saturated rings. The molecule has 2 nitrogen and oxygen atoms in total. The summed E-state index contributed by atoms with van der Waals surface area (Å²) in [6, 6.07) is 5.56. The zero-order valence-corrected chi connectivity index (χ0v) is 13.1. The van der Waals surface area contributed by atoms with Crippen LogP contribution in [0.4, 0.5) is 0 Å². The number of halogens is 2. The zero-order valence-electron chi connectivity index (χ0n) is 10.7. The molecule has 1 aromatic rings. The maximum Gasteiger partial charge on any atom is 0.144 e. The van der Waals surface area contributed by atoms with E-state index >= 15 is 0 Å². The summed E-state index contributed by atoms with van der Waals surface area (Å²) >= 11 is 11.8. The summed E-state index contributed by atoms with van der Waals surface area (Å²) in [4.78, 5) is 0. The lowest BCUT2D eigenvalue weighted by atomic mass is 10.1. The molecule has 1 rings (SSSR count). The van der Waals surface area contributed by atoms with Gasteiger partial charge in [-0.3, -0.25) is 0 Å². The number of benzene rings is 1. The first-order chi connectivity index (χ1) is 8.30. The van der Waals surface area contributed by atoms with Crippen molar-refractivity contribution < 1.29 is 4.21 Å². The molecule has 0 aromatic heterocycles. The van der Waals surface area contributed by atoms with Crippen LogP contribution in [-0.4, -0.2) is 15.2 Å². The molecule has 0 unspecified atom stereocenters. The highest BCUT2D eigenvalue weighted by atomic mass is 35.5. The predicted molar refractivity (Wildman–Crippen MR) is 81.2 cm³/mol. The summed E-state index contributed by atoms with van der Waals surface area (Å²) in [6.07, 6.45) is 3.26. The average molecular weight is 306 g/mol. The van der Waals surface area contributed by atoms with Gasteiger partial charge in [-0.2, -0.15) is 4.40 Å². The average Bonchev–Trinajstić information content (AvgIpc) is 2.27. The van der Waals surface area contributed by atoms with Crippen molar-refractivity contribution >= 4 is 40.4 Å². The Kier molecular flexibility index (Phi) is 5.83. The number of hydrogen-bond acceptors (Lipinski definition) is 1. The van der Waals surface area contributed by atoms with Crippen molar-refractivity contribution in [1.82, 2.24) is 0 Å². The van der Waals surface area contributed by atoms with Gasteiger partial charge in [-0.25, -0.2) is 4.21 Å². The van der Waals surface area contributed by atoms with E-state index in [1.165, 1.54) is 0 Å². The van der Waals surface area contributed by atoms with Crippen molar-refractivity contribution in [3.8, 4) is 0 Å². The first-order valence-corrected chi connectivity index (χ1v) is 7.55. The van der Waals surface area contributed by atoms with Gasteiger partial charge < -0.3 is 0 Å². The van der Waals surface area contributed by atoms with Gasteiger partial charge >= 0.3 is 0 Å². The fourth-order valence-corrected chi connectivity index (χ4v) is 2.08. The summed E-state index contributed by atoms with van der Waals surface area (Å²) in [5, 5.41) is 1.12. The Bertz CT molecular complexity index is 467. The van der Waals surface area contributed by atoms with E-state index in [9.17, 15) is 4.21 Å². The monoisotopic (exact) mass is 305 g/mol. The first kappa shape index (κ1) is 15.7. The van der Waals surface area contributed by atoms with Gasteiger partial charge in [0.15, 0.2) is 0 Å². The molecule has 0 saturated carbocycles. The smallest absolute Gasteiger partial charge is 0.144 e. The van der Waals surface area contributed by atoms with E-state index in [-0.39, 0.29) is 4.75 Å². The normalized spacial score (nSPS) is 14.1. The zero-order chi connectivity index (χ0) is 13.8. The van der Waals surface area contributed by atoms with Gasteiger partial charge in [0.05, 0.1) is 14.8 Å². The molecular weight excluding hydrogens is 289 g/mol. The molecular formula is C13H17Cl2NOS. The summed E-state index contributed by atoms with van der Waals surface area (Å²) in [5.41, 5.74) is 1.09. The highest BCUT2D eigenvalue weighted by molar-refractivity contribution is 7.85. The van der Waals surface area contributed by atoms with Crippen LogP contribution in [-0.2, 0) is 17.4 Å². The second-order valence-electron chi connectivity index (χ2n) is 4.94. The van der Waals surface area contributed by atoms with E-state index in [0.717, 1.165) is 18.4 Å². The number of rotatable bonds is 4. The maximum atomic E-state index is 11.6. The van der Waals surface area contributed by atoms with E-state index in [0.29, 0.717) is 10.0 Å². The molecule has 100 valence electrons. The third kappa shape index (κ3) is 5.09. The molecule has 0 aliphatic heterocycles. The van der Waals surface area contributed by atoms with Gasteiger partial charge in [-0.15, -0.1) is 0 Å². The fourth-order valence-electron chi connectivity index (χ4n) is 1.20. The van der Waals surface area contributed by atoms with Crippen molar-refractivity contribution in [2.45, 2.75) is 38.4 Å². The van der Waals surface area contributed by atoms with Crippen LogP contribution in [0.25, 0.3) is 0 Å². The molecule has 0 bridgehead atoms. The minimum absolute atomic E-state index is 0.305. The molecule has 1 aromatic carbocycles. The largest absolute Gasteiger partial charge is 0.234 e. The summed E-state index contributed by atoms with van der Waals surface area (Å²) in [6.45, 7) is 5.71. The van der Waals surface area contributed by atoms with Gasteiger partial charge in [-0.05, 0) is 51.3 Å². The SMILES string of the molecule is CC(C)(C)[S@@](=O)N=CCCc1ccc(Cl)c(Cl)c1. The van der Waals surface area contributed by atoms with Gasteiger partial charge in [0, 0.05) is 6.21 Å². The second-order valence-corrected chi connectivity index (χ2v) is 7.68. The van der Waals surface area contributed by atoms with Crippen molar-refractivity contribution in [2.75, 3.05) is 0 Å². The number of hydrogen-bond donors (Lipinski definition) is 0. The quantitative estimate of drug-likeness (QED) is 0.755. The van der Waals surface area contributed by atoms with Crippen LogP contribution in [0.1, 0.15) is 32.8 Å². The maximum absolute atomic E-state index is 11.6. The lowest BCUT2D eigenvalue weighted by Crippen LogP contribution is -2.19. The molecule has 0 saturated heterocycles. The Morgan fingerprint density at radius 2 is 1.94 bits per heavy atom. The Hall–Kier alpha value is -0.380. The third-order valence-electron chi connectivity index (χ3n) is 2.24. The number of nitrogens with zero attached hydrogens (tertiary/aromatic N) is 1. The summed E-state index contributed by atoms with van der Waals surface area (Å²) in [7, 11) is -1.18. The van der Waals surface area contributed by atoms with Crippen LogP contribution in [0.2, 0.25) is 10.0 Å². The van der Waals surface area contributed by atoms with Crippen molar-refractivity contribution in [1.29, 1.82) is 0 Å². The van der Waals surface area contributed by atoms with Crippen LogP contribution in [0.15, 0.2) is 22.6 Å². The molecule has 0 spiro atoms. The summed E-state index contributed by atoms with van der Waals surface area (Å²) in [5.74, 6) is 0. The highest BCUT2D eigenvalue weighted by Crippen LogP contribution is 2.23. The van der Waals surface area contributed by atoms with Gasteiger partial charge in [0.1, 0.15) is 11.0 Å². The van der Waals surface area contributed by atoms with E-state index < -0.39 is 11.0 Å². The van der Waals surface area contributed by atoms with Crippen LogP contribution < -0.4 is 0 Å². The highest BCUT2D eigenvalue weighted by Gasteiger charge is 2.17. The molecule has 0 aliphatic carbocycles. The molecule has 0 N–H and O–H groups in total. The fraction of sp³-hybridized carbons (Fsp3) is 0.462. The minimum atomic E-state index is -1.18. The Balaban J connectivity index is 2.49. The molecule has 5 heteroatoms. The molecule has 18 heavy (non-hydrogen) atoms. The lowest BCUT2D eigenvalue weighted by molar-refractivity contribution is 0.650. The van der Waals surface area contributed by atoms with E-state index in [2.05, 4.69) is 4.40 Å². The van der Waals surface area contributed by atoms with Crippen LogP contribution in [0, 0.1) is 0 Å². The Morgan fingerprint density at radius 3 is 2.50 bits per heavy atom.